The number of hydrogen-bond acceptors (Lipinski definition) is 3. The number of hydrogen-bond donors (Lipinski definition) is 1. The first kappa shape index (κ1) is 18.0. The van der Waals surface area contributed by atoms with Crippen molar-refractivity contribution in [2.24, 2.45) is 5.41 Å². The summed E-state index contributed by atoms with van der Waals surface area (Å²) in [6, 6.07) is 0. The molecule has 2 fully saturated rings. The molecular formula is C18H34OS2. The van der Waals surface area contributed by atoms with Crippen molar-refractivity contribution in [1.29, 1.82) is 0 Å². The largest absolute Gasteiger partial charge is 0.396 e. The van der Waals surface area contributed by atoms with Gasteiger partial charge in [-0.3, -0.25) is 0 Å². The molecule has 3 unspecified atom stereocenters. The molecule has 1 nitrogen and oxygen atoms in total. The molecule has 2 heterocycles. The number of aliphatic hydroxyl groups is 1. The van der Waals surface area contributed by atoms with Crippen LogP contribution >= 0.6 is 23.5 Å². The molecule has 0 bridgehead atoms. The van der Waals surface area contributed by atoms with E-state index in [0.717, 1.165) is 15.7 Å². The van der Waals surface area contributed by atoms with Gasteiger partial charge in [0.2, 0.25) is 0 Å². The fourth-order valence-electron chi connectivity index (χ4n) is 3.54. The van der Waals surface area contributed by atoms with Gasteiger partial charge in [-0.1, -0.05) is 26.7 Å². The van der Waals surface area contributed by atoms with E-state index in [4.69, 9.17) is 0 Å². The molecule has 1 N–H and O–H groups in total. The Morgan fingerprint density at radius 1 is 0.952 bits per heavy atom. The van der Waals surface area contributed by atoms with Crippen LogP contribution in [0.2, 0.25) is 0 Å². The first-order valence-electron chi connectivity index (χ1n) is 8.97. The normalized spacial score (nSPS) is 30.1. The number of thioether (sulfide) groups is 2. The summed E-state index contributed by atoms with van der Waals surface area (Å²) in [5, 5.41) is 12.2. The van der Waals surface area contributed by atoms with Crippen LogP contribution in [0.3, 0.4) is 0 Å². The predicted octanol–water partition coefficient (Wildman–Crippen LogP) is 5.51. The molecule has 21 heavy (non-hydrogen) atoms. The van der Waals surface area contributed by atoms with Crippen molar-refractivity contribution in [3.63, 3.8) is 0 Å². The van der Waals surface area contributed by atoms with Crippen LogP contribution < -0.4 is 0 Å². The SMILES string of the molecule is CC(C)(CO)CCCC1CCC(CCCC2CCCS2)S1. The summed E-state index contributed by atoms with van der Waals surface area (Å²) in [4.78, 5) is 0. The monoisotopic (exact) mass is 330 g/mol. The van der Waals surface area contributed by atoms with E-state index in [1.165, 1.54) is 70.0 Å². The maximum absolute atomic E-state index is 9.31. The van der Waals surface area contributed by atoms with Crippen LogP contribution in [0.4, 0.5) is 0 Å². The summed E-state index contributed by atoms with van der Waals surface area (Å²) in [6.07, 6.45) is 14.0. The van der Waals surface area contributed by atoms with E-state index in [-0.39, 0.29) is 5.41 Å². The van der Waals surface area contributed by atoms with Crippen molar-refractivity contribution >= 4 is 23.5 Å². The summed E-state index contributed by atoms with van der Waals surface area (Å²) < 4.78 is 0. The molecule has 124 valence electrons. The van der Waals surface area contributed by atoms with Crippen LogP contribution in [-0.4, -0.2) is 33.2 Å². The van der Waals surface area contributed by atoms with Gasteiger partial charge in [0.15, 0.2) is 0 Å². The molecular weight excluding hydrogens is 296 g/mol. The lowest BCUT2D eigenvalue weighted by atomic mass is 9.88. The van der Waals surface area contributed by atoms with E-state index in [9.17, 15) is 5.11 Å². The van der Waals surface area contributed by atoms with E-state index < -0.39 is 0 Å². The molecule has 2 aliphatic rings. The van der Waals surface area contributed by atoms with Crippen LogP contribution in [-0.2, 0) is 0 Å². The maximum Gasteiger partial charge on any atom is 0.0482 e. The summed E-state index contributed by atoms with van der Waals surface area (Å²) in [7, 11) is 0. The van der Waals surface area contributed by atoms with Crippen molar-refractivity contribution in [2.75, 3.05) is 12.4 Å². The highest BCUT2D eigenvalue weighted by molar-refractivity contribution is 8.00. The zero-order chi connectivity index (χ0) is 15.1. The van der Waals surface area contributed by atoms with Crippen LogP contribution in [0.5, 0.6) is 0 Å². The van der Waals surface area contributed by atoms with Crippen LogP contribution in [0.15, 0.2) is 0 Å². The summed E-state index contributed by atoms with van der Waals surface area (Å²) in [5.74, 6) is 1.41. The quantitative estimate of drug-likeness (QED) is 0.602. The highest BCUT2D eigenvalue weighted by Gasteiger charge is 2.26. The summed E-state index contributed by atoms with van der Waals surface area (Å²) >= 11 is 4.50. The Balaban J connectivity index is 1.51. The Labute approximate surface area is 140 Å². The molecule has 3 atom stereocenters. The first-order chi connectivity index (χ1) is 10.1. The zero-order valence-corrected chi connectivity index (χ0v) is 15.6. The van der Waals surface area contributed by atoms with Gasteiger partial charge in [0.1, 0.15) is 0 Å². The fraction of sp³-hybridized carbons (Fsp3) is 1.00. The molecule has 0 aromatic heterocycles. The van der Waals surface area contributed by atoms with Gasteiger partial charge < -0.3 is 5.11 Å². The molecule has 2 rings (SSSR count). The van der Waals surface area contributed by atoms with E-state index in [1.807, 2.05) is 0 Å². The van der Waals surface area contributed by atoms with Gasteiger partial charge in [-0.05, 0) is 62.5 Å². The molecule has 0 saturated carbocycles. The Morgan fingerprint density at radius 2 is 1.62 bits per heavy atom. The minimum absolute atomic E-state index is 0.127. The smallest absolute Gasteiger partial charge is 0.0482 e. The molecule has 0 aliphatic carbocycles. The highest BCUT2D eigenvalue weighted by Crippen LogP contribution is 2.40. The third-order valence-corrected chi connectivity index (χ3v) is 8.26. The highest BCUT2D eigenvalue weighted by atomic mass is 32.2. The lowest BCUT2D eigenvalue weighted by Gasteiger charge is -2.22. The average molecular weight is 331 g/mol. The second kappa shape index (κ2) is 9.08. The molecule has 0 aromatic carbocycles. The van der Waals surface area contributed by atoms with E-state index in [2.05, 4.69) is 37.4 Å². The number of aliphatic hydroxyl groups excluding tert-OH is 1. The van der Waals surface area contributed by atoms with E-state index in [0.29, 0.717) is 6.61 Å². The molecule has 2 saturated heterocycles. The van der Waals surface area contributed by atoms with Crippen molar-refractivity contribution in [3.8, 4) is 0 Å². The van der Waals surface area contributed by atoms with Crippen molar-refractivity contribution < 1.29 is 5.11 Å². The Kier molecular flexibility index (Phi) is 7.78. The van der Waals surface area contributed by atoms with Gasteiger partial charge in [0.25, 0.3) is 0 Å². The molecule has 0 radical (unpaired) electrons. The fourth-order valence-corrected chi connectivity index (χ4v) is 6.56. The standard InChI is InChI=1S/C18H34OS2/c1-18(2,14-19)12-4-8-17-11-10-16(21-17)7-3-6-15-9-5-13-20-15/h15-17,19H,3-14H2,1-2H3. The third kappa shape index (κ3) is 6.74. The molecule has 0 spiro atoms. The van der Waals surface area contributed by atoms with Crippen molar-refractivity contribution in [3.05, 3.63) is 0 Å². The van der Waals surface area contributed by atoms with Crippen molar-refractivity contribution in [1.82, 2.24) is 0 Å². The first-order valence-corrected chi connectivity index (χ1v) is 11.0. The van der Waals surface area contributed by atoms with Crippen molar-refractivity contribution in [2.45, 2.75) is 93.8 Å². The predicted molar refractivity (Wildman–Crippen MR) is 98.4 cm³/mol. The third-order valence-electron chi connectivity index (χ3n) is 5.08. The van der Waals surface area contributed by atoms with Gasteiger partial charge in [0.05, 0.1) is 0 Å². The van der Waals surface area contributed by atoms with Crippen LogP contribution in [0, 0.1) is 5.41 Å². The van der Waals surface area contributed by atoms with Gasteiger partial charge in [-0.2, -0.15) is 23.5 Å². The van der Waals surface area contributed by atoms with Gasteiger partial charge in [-0.15, -0.1) is 0 Å². The maximum atomic E-state index is 9.31. The lowest BCUT2D eigenvalue weighted by molar-refractivity contribution is 0.147. The van der Waals surface area contributed by atoms with E-state index in [1.54, 1.807) is 0 Å². The molecule has 3 heteroatoms. The summed E-state index contributed by atoms with van der Waals surface area (Å²) in [5.41, 5.74) is 0.127. The van der Waals surface area contributed by atoms with Gasteiger partial charge >= 0.3 is 0 Å². The Morgan fingerprint density at radius 3 is 2.24 bits per heavy atom. The van der Waals surface area contributed by atoms with Gasteiger partial charge in [-0.25, -0.2) is 0 Å². The topological polar surface area (TPSA) is 20.2 Å². The second-order valence-corrected chi connectivity index (χ2v) is 10.8. The molecule has 0 aromatic rings. The number of rotatable bonds is 9. The second-order valence-electron chi connectivity index (χ2n) is 7.74. The van der Waals surface area contributed by atoms with E-state index >= 15 is 0 Å². The average Bonchev–Trinajstić information content (AvgIpc) is 3.11. The Hall–Kier alpha value is 0.660. The minimum Gasteiger partial charge on any atom is -0.396 e. The lowest BCUT2D eigenvalue weighted by Crippen LogP contribution is -2.16. The van der Waals surface area contributed by atoms with Crippen LogP contribution in [0.1, 0.15) is 78.1 Å². The minimum atomic E-state index is 0.127. The molecule has 0 amide bonds. The van der Waals surface area contributed by atoms with Gasteiger partial charge in [0, 0.05) is 22.4 Å². The zero-order valence-electron chi connectivity index (χ0n) is 14.0. The molecule has 2 aliphatic heterocycles. The summed E-state index contributed by atoms with van der Waals surface area (Å²) in [6.45, 7) is 4.68. The van der Waals surface area contributed by atoms with Crippen LogP contribution in [0.25, 0.3) is 0 Å². The Bertz CT molecular complexity index is 287.